The van der Waals surface area contributed by atoms with Gasteiger partial charge in [-0.25, -0.2) is 19.0 Å². The molecule has 0 radical (unpaired) electrons. The number of carbonyl (C=O) groups is 2. The molecule has 1 aromatic heterocycles. The number of aromatic nitrogens is 1. The summed E-state index contributed by atoms with van der Waals surface area (Å²) in [4.78, 5) is 27.8. The molecule has 1 rings (SSSR count). The molecule has 1 heterocycles. The van der Waals surface area contributed by atoms with Gasteiger partial charge in [-0.2, -0.15) is 0 Å². The first-order chi connectivity index (χ1) is 10.6. The molecule has 0 bridgehead atoms. The van der Waals surface area contributed by atoms with Crippen molar-refractivity contribution in [2.24, 2.45) is 0 Å². The number of ether oxygens (including phenoxy) is 2. The van der Waals surface area contributed by atoms with Crippen molar-refractivity contribution in [3.63, 3.8) is 0 Å². The highest BCUT2D eigenvalue weighted by molar-refractivity contribution is 9.10. The van der Waals surface area contributed by atoms with Crippen molar-refractivity contribution in [3.8, 4) is 0 Å². The number of alkyl carbamates (subject to hydrolysis) is 1. The number of nitrogens with one attached hydrogen (secondary N) is 1. The molecule has 0 saturated carbocycles. The molecule has 0 spiro atoms. The molecule has 1 unspecified atom stereocenters. The lowest BCUT2D eigenvalue weighted by atomic mass is 10.1. The van der Waals surface area contributed by atoms with Gasteiger partial charge in [0, 0.05) is 12.1 Å². The minimum Gasteiger partial charge on any atom is -0.464 e. The number of carbonyl (C=O) groups excluding carboxylic acids is 2. The van der Waals surface area contributed by atoms with Crippen molar-refractivity contribution < 1.29 is 23.5 Å². The van der Waals surface area contributed by atoms with E-state index in [1.807, 2.05) is 0 Å². The summed E-state index contributed by atoms with van der Waals surface area (Å²) >= 11 is 2.98. The lowest BCUT2D eigenvalue weighted by Gasteiger charge is -2.22. The minimum atomic E-state index is -0.977. The van der Waals surface area contributed by atoms with Gasteiger partial charge in [-0.15, -0.1) is 0 Å². The van der Waals surface area contributed by atoms with Crippen molar-refractivity contribution in [2.45, 2.75) is 45.8 Å². The summed E-state index contributed by atoms with van der Waals surface area (Å²) in [6, 6.07) is 1.68. The molecule has 0 aliphatic carbocycles. The molecule has 23 heavy (non-hydrogen) atoms. The number of pyridine rings is 1. The molecule has 8 heteroatoms. The van der Waals surface area contributed by atoms with E-state index in [1.165, 1.54) is 12.1 Å². The van der Waals surface area contributed by atoms with Gasteiger partial charge in [0.15, 0.2) is 5.82 Å². The molecule has 0 saturated heterocycles. The van der Waals surface area contributed by atoms with Gasteiger partial charge in [0.05, 0.1) is 6.61 Å². The number of hydrogen-bond donors (Lipinski definition) is 1. The predicted molar refractivity (Wildman–Crippen MR) is 85.4 cm³/mol. The smallest absolute Gasteiger partial charge is 0.408 e. The Kier molecular flexibility index (Phi) is 6.93. The molecule has 1 N–H and O–H groups in total. The zero-order valence-corrected chi connectivity index (χ0v) is 15.1. The van der Waals surface area contributed by atoms with Gasteiger partial charge in [-0.3, -0.25) is 0 Å². The van der Waals surface area contributed by atoms with E-state index in [9.17, 15) is 14.0 Å². The van der Waals surface area contributed by atoms with Crippen molar-refractivity contribution in [1.82, 2.24) is 10.3 Å². The van der Waals surface area contributed by atoms with Gasteiger partial charge in [0.1, 0.15) is 16.2 Å². The molecule has 0 fully saturated rings. The Hall–Kier alpha value is -1.70. The summed E-state index contributed by atoms with van der Waals surface area (Å²) in [5.74, 6) is -1.12. The molecule has 1 atom stereocenters. The fraction of sp³-hybridized carbons (Fsp3) is 0.533. The number of esters is 1. The molecule has 0 aromatic carbocycles. The number of rotatable bonds is 5. The summed E-state index contributed by atoms with van der Waals surface area (Å²) in [7, 11) is 0. The predicted octanol–water partition coefficient (Wildman–Crippen LogP) is 2.98. The SMILES string of the molecule is CCOC(=O)C(Cc1ccc(F)c(Br)n1)NC(=O)OC(C)(C)C. The first kappa shape index (κ1) is 19.3. The third-order valence-electron chi connectivity index (χ3n) is 2.54. The molecule has 0 aliphatic heterocycles. The Morgan fingerprint density at radius 3 is 2.57 bits per heavy atom. The fourth-order valence-electron chi connectivity index (χ4n) is 1.66. The second-order valence-electron chi connectivity index (χ2n) is 5.73. The van der Waals surface area contributed by atoms with Gasteiger partial charge in [0.25, 0.3) is 0 Å². The zero-order valence-electron chi connectivity index (χ0n) is 13.5. The van der Waals surface area contributed by atoms with E-state index < -0.39 is 29.5 Å². The zero-order chi connectivity index (χ0) is 17.6. The van der Waals surface area contributed by atoms with Crippen molar-refractivity contribution in [1.29, 1.82) is 0 Å². The highest BCUT2D eigenvalue weighted by atomic mass is 79.9. The van der Waals surface area contributed by atoms with Crippen LogP contribution in [0.5, 0.6) is 0 Å². The van der Waals surface area contributed by atoms with Crippen LogP contribution >= 0.6 is 15.9 Å². The average Bonchev–Trinajstić information content (AvgIpc) is 2.40. The Balaban J connectivity index is 2.85. The Labute approximate surface area is 142 Å². The largest absolute Gasteiger partial charge is 0.464 e. The summed E-state index contributed by atoms with van der Waals surface area (Å²) in [6.45, 7) is 6.97. The van der Waals surface area contributed by atoms with Crippen LogP contribution < -0.4 is 5.32 Å². The van der Waals surface area contributed by atoms with E-state index in [4.69, 9.17) is 9.47 Å². The van der Waals surface area contributed by atoms with E-state index in [2.05, 4.69) is 26.2 Å². The van der Waals surface area contributed by atoms with Crippen LogP contribution in [-0.2, 0) is 20.7 Å². The van der Waals surface area contributed by atoms with Crippen LogP contribution in [0.25, 0.3) is 0 Å². The molecular weight excluding hydrogens is 371 g/mol. The number of nitrogens with zero attached hydrogens (tertiary/aromatic N) is 1. The maximum atomic E-state index is 13.2. The Morgan fingerprint density at radius 2 is 2.04 bits per heavy atom. The van der Waals surface area contributed by atoms with E-state index in [1.54, 1.807) is 27.7 Å². The molecule has 128 valence electrons. The minimum absolute atomic E-state index is 0.0369. The lowest BCUT2D eigenvalue weighted by molar-refractivity contribution is -0.145. The first-order valence-electron chi connectivity index (χ1n) is 7.09. The van der Waals surface area contributed by atoms with Crippen LogP contribution in [0.3, 0.4) is 0 Å². The van der Waals surface area contributed by atoms with Crippen LogP contribution in [0.1, 0.15) is 33.4 Å². The summed E-state index contributed by atoms with van der Waals surface area (Å²) in [5, 5.41) is 2.46. The summed E-state index contributed by atoms with van der Waals surface area (Å²) in [5.41, 5.74) is -0.270. The maximum Gasteiger partial charge on any atom is 0.408 e. The summed E-state index contributed by atoms with van der Waals surface area (Å²) < 4.78 is 23.3. The van der Waals surface area contributed by atoms with Crippen LogP contribution in [0.4, 0.5) is 9.18 Å². The maximum absolute atomic E-state index is 13.2. The Bertz CT molecular complexity index is 575. The standard InChI is InChI=1S/C15H20BrFN2O4/c1-5-22-13(20)11(19-14(21)23-15(2,3)4)8-9-6-7-10(17)12(16)18-9/h6-7,11H,5,8H2,1-4H3,(H,19,21). The van der Waals surface area contributed by atoms with Crippen LogP contribution in [0.2, 0.25) is 0 Å². The highest BCUT2D eigenvalue weighted by Gasteiger charge is 2.26. The molecule has 6 nitrogen and oxygen atoms in total. The van der Waals surface area contributed by atoms with Gasteiger partial charge in [0.2, 0.25) is 0 Å². The van der Waals surface area contributed by atoms with Crippen molar-refractivity contribution in [3.05, 3.63) is 28.2 Å². The topological polar surface area (TPSA) is 77.5 Å². The Morgan fingerprint density at radius 1 is 1.39 bits per heavy atom. The van der Waals surface area contributed by atoms with Gasteiger partial charge in [-0.05, 0) is 55.8 Å². The highest BCUT2D eigenvalue weighted by Crippen LogP contribution is 2.14. The quantitative estimate of drug-likeness (QED) is 0.617. The number of halogens is 2. The second kappa shape index (κ2) is 8.24. The third-order valence-corrected chi connectivity index (χ3v) is 3.09. The normalized spacial score (nSPS) is 12.4. The van der Waals surface area contributed by atoms with Gasteiger partial charge < -0.3 is 14.8 Å². The number of hydrogen-bond acceptors (Lipinski definition) is 5. The van der Waals surface area contributed by atoms with E-state index in [0.717, 1.165) is 0 Å². The molecule has 1 aromatic rings. The molecule has 1 amide bonds. The molecule has 0 aliphatic rings. The van der Waals surface area contributed by atoms with Crippen LogP contribution in [-0.4, -0.2) is 35.3 Å². The van der Waals surface area contributed by atoms with Crippen molar-refractivity contribution in [2.75, 3.05) is 6.61 Å². The van der Waals surface area contributed by atoms with Crippen LogP contribution in [0.15, 0.2) is 16.7 Å². The van der Waals surface area contributed by atoms with Crippen molar-refractivity contribution >= 4 is 28.0 Å². The van der Waals surface area contributed by atoms with E-state index in [0.29, 0.717) is 5.69 Å². The first-order valence-corrected chi connectivity index (χ1v) is 7.88. The van der Waals surface area contributed by atoms with E-state index in [-0.39, 0.29) is 17.6 Å². The van der Waals surface area contributed by atoms with Gasteiger partial charge in [-0.1, -0.05) is 0 Å². The van der Waals surface area contributed by atoms with E-state index >= 15 is 0 Å². The third kappa shape index (κ3) is 6.94. The summed E-state index contributed by atoms with van der Waals surface area (Å²) in [6.07, 6.45) is -0.687. The lowest BCUT2D eigenvalue weighted by Crippen LogP contribution is -2.45. The number of amides is 1. The second-order valence-corrected chi connectivity index (χ2v) is 6.48. The molecular formula is C15H20BrFN2O4. The van der Waals surface area contributed by atoms with Gasteiger partial charge >= 0.3 is 12.1 Å². The monoisotopic (exact) mass is 390 g/mol. The van der Waals surface area contributed by atoms with Crippen LogP contribution in [0, 0.1) is 5.82 Å². The fourth-order valence-corrected chi connectivity index (χ4v) is 2.02. The average molecular weight is 391 g/mol.